The first-order valence-corrected chi connectivity index (χ1v) is 14.1. The Hall–Kier alpha value is -3.93. The Labute approximate surface area is 234 Å². The van der Waals surface area contributed by atoms with Crippen LogP contribution in [0.2, 0.25) is 0 Å². The Morgan fingerprint density at radius 3 is 1.85 bits per heavy atom. The van der Waals surface area contributed by atoms with E-state index in [1.54, 1.807) is 62.4 Å². The number of nitrogens with two attached hydrogens (primary N) is 1. The Morgan fingerprint density at radius 1 is 0.900 bits per heavy atom. The summed E-state index contributed by atoms with van der Waals surface area (Å²) in [5.74, 6) is -1.39. The van der Waals surface area contributed by atoms with Crippen molar-refractivity contribution in [2.24, 2.45) is 5.73 Å². The molecule has 0 saturated carbocycles. The number of ether oxygens (including phenoxy) is 1. The lowest BCUT2D eigenvalue weighted by Crippen LogP contribution is -2.55. The number of carboxylic acid groups (broad SMARTS) is 1. The maximum atomic E-state index is 12.7. The molecule has 0 saturated heterocycles. The first-order chi connectivity index (χ1) is 18.8. The van der Waals surface area contributed by atoms with Crippen LogP contribution in [0.1, 0.15) is 37.0 Å². The first kappa shape index (κ1) is 32.3. The zero-order chi connectivity index (χ0) is 29.9. The van der Waals surface area contributed by atoms with Crippen LogP contribution in [0, 0.1) is 6.92 Å². The summed E-state index contributed by atoms with van der Waals surface area (Å²) in [5.41, 5.74) is 6.36. The summed E-state index contributed by atoms with van der Waals surface area (Å²) in [6.45, 7) is 5.53. The summed E-state index contributed by atoms with van der Waals surface area (Å²) in [7, 11) is -4.00. The summed E-state index contributed by atoms with van der Waals surface area (Å²) >= 11 is 0. The summed E-state index contributed by atoms with van der Waals surface area (Å²) in [4.78, 5) is 23.1. The molecule has 0 amide bonds. The van der Waals surface area contributed by atoms with Gasteiger partial charge in [0.25, 0.3) is 0 Å². The number of carboxylic acids is 1. The molecule has 0 fully saturated rings. The molecule has 6 N–H and O–H groups in total. The smallest absolute Gasteiger partial charge is 0.325 e. The van der Waals surface area contributed by atoms with E-state index in [0.29, 0.717) is 18.6 Å². The molecule has 0 aliphatic rings. The number of carbonyl (C=O) groups excluding carboxylic acids is 1. The van der Waals surface area contributed by atoms with Crippen molar-refractivity contribution in [3.63, 3.8) is 0 Å². The van der Waals surface area contributed by atoms with Crippen LogP contribution in [0.5, 0.6) is 11.5 Å². The SMILES string of the molecule is CCOC(=O)[C@@H](N)Cc1ccc(O)cc1.CC[C@@](Cc1ccc(O)cc1)(NS(=O)(=O)c1ccc(C)cc1)C(=O)O. The van der Waals surface area contributed by atoms with Gasteiger partial charge in [-0.3, -0.25) is 9.59 Å². The van der Waals surface area contributed by atoms with E-state index in [9.17, 15) is 28.2 Å². The number of carbonyl (C=O) groups is 2. The normalized spacial score (nSPS) is 13.3. The standard InChI is InChI=1S/C18H21NO5S.C11H15NO3/c1-3-18(17(21)22,12-14-6-8-15(20)9-7-14)19-25(23,24)16-10-4-13(2)5-11-16;1-2-15-11(14)10(12)7-8-3-5-9(13)6-4-8/h4-11,19-20H,3,12H2,1-2H3,(H,21,22);3-6,10,13H,2,7,12H2,1H3/t18-;10-/m00/s1. The maximum Gasteiger partial charge on any atom is 0.325 e. The molecule has 0 radical (unpaired) electrons. The summed E-state index contributed by atoms with van der Waals surface area (Å²) in [6, 6.07) is 18.2. The molecule has 3 rings (SSSR count). The summed E-state index contributed by atoms with van der Waals surface area (Å²) < 4.78 is 32.5. The van der Waals surface area contributed by atoms with Crippen LogP contribution in [-0.4, -0.2) is 53.9 Å². The van der Waals surface area contributed by atoms with Gasteiger partial charge in [0.05, 0.1) is 11.5 Å². The van der Waals surface area contributed by atoms with Crippen LogP contribution in [0.15, 0.2) is 77.7 Å². The number of benzene rings is 3. The van der Waals surface area contributed by atoms with Crippen molar-refractivity contribution in [2.45, 2.75) is 56.5 Å². The van der Waals surface area contributed by atoms with Crippen LogP contribution < -0.4 is 10.5 Å². The lowest BCUT2D eigenvalue weighted by Gasteiger charge is -2.29. The highest BCUT2D eigenvalue weighted by atomic mass is 32.2. The van der Waals surface area contributed by atoms with Crippen molar-refractivity contribution in [2.75, 3.05) is 6.61 Å². The molecule has 0 spiro atoms. The number of rotatable bonds is 11. The second-order valence-electron chi connectivity index (χ2n) is 9.23. The van der Waals surface area contributed by atoms with Crippen LogP contribution >= 0.6 is 0 Å². The number of hydrogen-bond acceptors (Lipinski definition) is 8. The minimum absolute atomic E-state index is 0.0166. The molecule has 2 atom stereocenters. The van der Waals surface area contributed by atoms with Gasteiger partial charge in [-0.05, 0) is 74.2 Å². The highest BCUT2D eigenvalue weighted by Gasteiger charge is 2.41. The van der Waals surface area contributed by atoms with Crippen molar-refractivity contribution < 1.29 is 38.1 Å². The van der Waals surface area contributed by atoms with Crippen LogP contribution in [0.3, 0.4) is 0 Å². The van der Waals surface area contributed by atoms with Crippen molar-refractivity contribution in [3.8, 4) is 11.5 Å². The number of aromatic hydroxyl groups is 2. The number of esters is 1. The third-order valence-electron chi connectivity index (χ3n) is 6.10. The number of phenolic OH excluding ortho intramolecular Hbond substituents is 2. The van der Waals surface area contributed by atoms with Crippen molar-refractivity contribution in [1.82, 2.24) is 4.72 Å². The number of nitrogens with one attached hydrogen (secondary N) is 1. The fraction of sp³-hybridized carbons (Fsp3) is 0.310. The number of aliphatic carboxylic acids is 1. The molecule has 11 heteroatoms. The van der Waals surface area contributed by atoms with Gasteiger partial charge < -0.3 is 25.8 Å². The van der Waals surface area contributed by atoms with Gasteiger partial charge >= 0.3 is 11.9 Å². The quantitative estimate of drug-likeness (QED) is 0.216. The fourth-order valence-corrected chi connectivity index (χ4v) is 5.15. The second-order valence-corrected chi connectivity index (χ2v) is 10.9. The van der Waals surface area contributed by atoms with Crippen LogP contribution in [0.4, 0.5) is 0 Å². The molecule has 0 heterocycles. The van der Waals surface area contributed by atoms with E-state index >= 15 is 0 Å². The lowest BCUT2D eigenvalue weighted by atomic mass is 9.89. The van der Waals surface area contributed by atoms with E-state index in [1.807, 2.05) is 6.92 Å². The van der Waals surface area contributed by atoms with Gasteiger partial charge in [0.15, 0.2) is 0 Å². The molecule has 3 aromatic carbocycles. The molecule has 0 unspecified atom stereocenters. The molecule has 3 aromatic rings. The van der Waals surface area contributed by atoms with Crippen LogP contribution in [0.25, 0.3) is 0 Å². The molecule has 0 bridgehead atoms. The van der Waals surface area contributed by atoms with Crippen molar-refractivity contribution in [3.05, 3.63) is 89.5 Å². The topological polar surface area (TPSA) is 176 Å². The molecular formula is C29H36N2O8S. The first-order valence-electron chi connectivity index (χ1n) is 12.6. The van der Waals surface area contributed by atoms with E-state index in [-0.39, 0.29) is 29.2 Å². The summed E-state index contributed by atoms with van der Waals surface area (Å²) in [6.07, 6.45) is 0.442. The van der Waals surface area contributed by atoms with Gasteiger partial charge in [-0.1, -0.05) is 48.9 Å². The molecule has 216 valence electrons. The van der Waals surface area contributed by atoms with Gasteiger partial charge in [-0.25, -0.2) is 8.42 Å². The molecule has 40 heavy (non-hydrogen) atoms. The zero-order valence-corrected chi connectivity index (χ0v) is 23.5. The van der Waals surface area contributed by atoms with Gasteiger partial charge in [0.1, 0.15) is 23.1 Å². The van der Waals surface area contributed by atoms with Crippen molar-refractivity contribution in [1.29, 1.82) is 0 Å². The second kappa shape index (κ2) is 14.5. The fourth-order valence-electron chi connectivity index (χ4n) is 3.72. The molecule has 0 aliphatic carbocycles. The van der Waals surface area contributed by atoms with Crippen LogP contribution in [-0.2, 0) is 37.2 Å². The predicted octanol–water partition coefficient (Wildman–Crippen LogP) is 3.28. The molecular weight excluding hydrogens is 536 g/mol. The van der Waals surface area contributed by atoms with E-state index in [1.165, 1.54) is 24.3 Å². The lowest BCUT2D eigenvalue weighted by molar-refractivity contribution is -0.145. The number of aryl methyl sites for hydroxylation is 1. The highest BCUT2D eigenvalue weighted by molar-refractivity contribution is 7.89. The van der Waals surface area contributed by atoms with Gasteiger partial charge in [0, 0.05) is 6.42 Å². The monoisotopic (exact) mass is 572 g/mol. The van der Waals surface area contributed by atoms with Crippen molar-refractivity contribution >= 4 is 22.0 Å². The average Bonchev–Trinajstić information content (AvgIpc) is 2.91. The third-order valence-corrected chi connectivity index (χ3v) is 7.65. The minimum atomic E-state index is -4.00. The van der Waals surface area contributed by atoms with Gasteiger partial charge in [-0.15, -0.1) is 0 Å². The molecule has 10 nitrogen and oxygen atoms in total. The predicted molar refractivity (Wildman–Crippen MR) is 150 cm³/mol. The Bertz CT molecular complexity index is 1360. The highest BCUT2D eigenvalue weighted by Crippen LogP contribution is 2.23. The van der Waals surface area contributed by atoms with Gasteiger partial charge in [0.2, 0.25) is 10.0 Å². The minimum Gasteiger partial charge on any atom is -0.508 e. The summed E-state index contributed by atoms with van der Waals surface area (Å²) in [5, 5.41) is 28.1. The Morgan fingerprint density at radius 2 is 1.40 bits per heavy atom. The Kier molecular flexibility index (Phi) is 11.7. The largest absolute Gasteiger partial charge is 0.508 e. The van der Waals surface area contributed by atoms with Gasteiger partial charge in [-0.2, -0.15) is 4.72 Å². The molecule has 0 aromatic heterocycles. The number of phenols is 2. The number of sulfonamides is 1. The van der Waals surface area contributed by atoms with E-state index in [4.69, 9.17) is 15.6 Å². The maximum absolute atomic E-state index is 12.7. The zero-order valence-electron chi connectivity index (χ0n) is 22.7. The average molecular weight is 573 g/mol. The van der Waals surface area contributed by atoms with E-state index < -0.39 is 33.5 Å². The third kappa shape index (κ3) is 9.37. The van der Waals surface area contributed by atoms with E-state index in [2.05, 4.69) is 4.72 Å². The Balaban J connectivity index is 0.000000319. The molecule has 0 aliphatic heterocycles. The number of hydrogen-bond donors (Lipinski definition) is 5. The van der Waals surface area contributed by atoms with E-state index in [0.717, 1.165) is 11.1 Å².